The summed E-state index contributed by atoms with van der Waals surface area (Å²) in [5.41, 5.74) is 5.90. The zero-order chi connectivity index (χ0) is 21.0. The van der Waals surface area contributed by atoms with Gasteiger partial charge in [-0.3, -0.25) is 4.79 Å². The summed E-state index contributed by atoms with van der Waals surface area (Å²) in [6, 6.07) is -2.06. The van der Waals surface area contributed by atoms with Crippen LogP contribution in [0.15, 0.2) is 0 Å². The minimum Gasteiger partial charge on any atom is -0.394 e. The third-order valence-corrected chi connectivity index (χ3v) is 4.92. The van der Waals surface area contributed by atoms with E-state index in [2.05, 4.69) is 5.32 Å². The number of hydrogen-bond acceptors (Lipinski definition) is 11. The number of nitrogens with one attached hydrogen (secondary N) is 1. The van der Waals surface area contributed by atoms with E-state index in [1.807, 2.05) is 0 Å². The van der Waals surface area contributed by atoms with Gasteiger partial charge in [-0.05, 0) is 0 Å². The largest absolute Gasteiger partial charge is 0.394 e. The monoisotopic (exact) mass is 410 g/mol. The molecule has 2 saturated heterocycles. The van der Waals surface area contributed by atoms with Gasteiger partial charge >= 0.3 is 0 Å². The van der Waals surface area contributed by atoms with E-state index < -0.39 is 80.4 Å². The van der Waals surface area contributed by atoms with Crippen LogP contribution < -0.4 is 11.1 Å². The van der Waals surface area contributed by atoms with Crippen molar-refractivity contribution in [3.05, 3.63) is 0 Å². The van der Waals surface area contributed by atoms with Crippen LogP contribution in [0.4, 0.5) is 0 Å². The van der Waals surface area contributed by atoms with Crippen molar-refractivity contribution in [2.75, 3.05) is 27.4 Å². The molecule has 0 bridgehead atoms. The summed E-state index contributed by atoms with van der Waals surface area (Å²) < 4.78 is 27.2. The average Bonchev–Trinajstić information content (AvgIpc) is 2.67. The van der Waals surface area contributed by atoms with Gasteiger partial charge in [0.1, 0.15) is 42.7 Å². The molecule has 1 amide bonds. The lowest BCUT2D eigenvalue weighted by atomic mass is 9.95. The lowest BCUT2D eigenvalue weighted by molar-refractivity contribution is -0.329. The summed E-state index contributed by atoms with van der Waals surface area (Å²) in [6.45, 7) is 0.247. The average molecular weight is 410 g/mol. The number of methoxy groups -OCH3 is 2. The van der Waals surface area contributed by atoms with Crippen molar-refractivity contribution in [3.63, 3.8) is 0 Å². The second-order valence-electron chi connectivity index (χ2n) is 6.77. The van der Waals surface area contributed by atoms with Crippen LogP contribution >= 0.6 is 0 Å². The van der Waals surface area contributed by atoms with Gasteiger partial charge in [0.2, 0.25) is 5.91 Å². The second kappa shape index (κ2) is 10.2. The van der Waals surface area contributed by atoms with Gasteiger partial charge in [0.05, 0.1) is 19.3 Å². The molecular weight excluding hydrogens is 380 g/mol. The first kappa shape index (κ1) is 23.3. The summed E-state index contributed by atoms with van der Waals surface area (Å²) in [5, 5.41) is 42.8. The molecule has 2 aliphatic rings. The van der Waals surface area contributed by atoms with Crippen LogP contribution in [-0.4, -0.2) is 115 Å². The van der Waals surface area contributed by atoms with E-state index in [1.54, 1.807) is 0 Å². The molecule has 0 aliphatic carbocycles. The molecule has 2 rings (SSSR count). The Labute approximate surface area is 162 Å². The van der Waals surface area contributed by atoms with Crippen molar-refractivity contribution >= 4 is 5.91 Å². The van der Waals surface area contributed by atoms with Crippen molar-refractivity contribution in [2.24, 2.45) is 5.73 Å². The number of carbonyl (C=O) groups excluding carboxylic acids is 1. The Morgan fingerprint density at radius 3 is 2.07 bits per heavy atom. The van der Waals surface area contributed by atoms with E-state index >= 15 is 0 Å². The van der Waals surface area contributed by atoms with Gasteiger partial charge in [-0.1, -0.05) is 0 Å². The summed E-state index contributed by atoms with van der Waals surface area (Å²) in [5.74, 6) is -0.464. The summed E-state index contributed by atoms with van der Waals surface area (Å²) in [7, 11) is 2.67. The normalized spacial score (nSPS) is 44.3. The van der Waals surface area contributed by atoms with Crippen molar-refractivity contribution in [1.29, 1.82) is 0 Å². The number of hydrogen-bond donors (Lipinski definition) is 6. The zero-order valence-electron chi connectivity index (χ0n) is 16.0. The first-order valence-corrected chi connectivity index (χ1v) is 8.91. The summed E-state index contributed by atoms with van der Waals surface area (Å²) >= 11 is 0. The maximum Gasteiger partial charge on any atom is 0.217 e. The number of ether oxygens (including phenoxy) is 5. The molecule has 2 fully saturated rings. The highest BCUT2D eigenvalue weighted by atomic mass is 16.7. The maximum absolute atomic E-state index is 11.6. The molecule has 28 heavy (non-hydrogen) atoms. The Bertz CT molecular complexity index is 510. The highest BCUT2D eigenvalue weighted by Crippen LogP contribution is 2.29. The molecule has 0 aromatic rings. The van der Waals surface area contributed by atoms with Crippen molar-refractivity contribution in [1.82, 2.24) is 5.32 Å². The minimum absolute atomic E-state index is 0.464. The first-order chi connectivity index (χ1) is 13.3. The number of rotatable bonds is 7. The summed E-state index contributed by atoms with van der Waals surface area (Å²) in [6.07, 6.45) is -8.87. The molecule has 2 heterocycles. The minimum atomic E-state index is -1.30. The standard InChI is InChI=1S/C16H30N2O10/c1-6(21)18-10-12(23)13(24-2)7(4-19)27-16(10)28-14-8(5-20)26-15(25-3)9(17)11(14)22/h7-16,19-20,22-23H,4-5,17H2,1-3H3,(H,18,21)/t7?,8?,9?,10?,11?,12-,13-,14-,15-,16+/m1/s1. The van der Waals surface area contributed by atoms with Gasteiger partial charge in [0.15, 0.2) is 12.6 Å². The third-order valence-electron chi connectivity index (χ3n) is 4.92. The van der Waals surface area contributed by atoms with Crippen molar-refractivity contribution in [3.8, 4) is 0 Å². The molecule has 10 atom stereocenters. The lowest BCUT2D eigenvalue weighted by Gasteiger charge is -2.47. The van der Waals surface area contributed by atoms with Gasteiger partial charge in [-0.2, -0.15) is 0 Å². The molecule has 0 spiro atoms. The molecule has 5 unspecified atom stereocenters. The fraction of sp³-hybridized carbons (Fsp3) is 0.938. The molecular formula is C16H30N2O10. The van der Waals surface area contributed by atoms with Crippen LogP contribution in [0.2, 0.25) is 0 Å². The van der Waals surface area contributed by atoms with E-state index in [4.69, 9.17) is 29.4 Å². The SMILES string of the molecule is CO[C@@H]1OC(CO)[C@@H](O[C@@H]2OC(CO)[C@@H](OC)[C@H](O)C2NC(C)=O)C(O)C1N. The highest BCUT2D eigenvalue weighted by Gasteiger charge is 2.51. The van der Waals surface area contributed by atoms with Gasteiger partial charge in [0, 0.05) is 21.1 Å². The van der Waals surface area contributed by atoms with Gasteiger partial charge < -0.3 is 55.2 Å². The van der Waals surface area contributed by atoms with Crippen LogP contribution in [0.1, 0.15) is 6.92 Å². The number of aliphatic hydroxyl groups is 4. The van der Waals surface area contributed by atoms with E-state index in [0.29, 0.717) is 0 Å². The van der Waals surface area contributed by atoms with Crippen molar-refractivity contribution < 1.29 is 48.9 Å². The number of aliphatic hydroxyl groups excluding tert-OH is 4. The quantitative estimate of drug-likeness (QED) is 0.241. The Kier molecular flexibility index (Phi) is 8.51. The molecule has 12 heteroatoms. The third kappa shape index (κ3) is 4.79. The molecule has 0 aromatic heterocycles. The molecule has 0 saturated carbocycles. The fourth-order valence-electron chi connectivity index (χ4n) is 3.49. The van der Waals surface area contributed by atoms with Gasteiger partial charge in [0.25, 0.3) is 0 Å². The second-order valence-corrected chi connectivity index (χ2v) is 6.77. The van der Waals surface area contributed by atoms with E-state index in [1.165, 1.54) is 21.1 Å². The van der Waals surface area contributed by atoms with Crippen LogP contribution in [0.5, 0.6) is 0 Å². The predicted octanol–water partition coefficient (Wildman–Crippen LogP) is -3.98. The molecule has 164 valence electrons. The van der Waals surface area contributed by atoms with Crippen LogP contribution in [0.3, 0.4) is 0 Å². The zero-order valence-corrected chi connectivity index (χ0v) is 16.0. The van der Waals surface area contributed by atoms with Gasteiger partial charge in [-0.25, -0.2) is 0 Å². The Hall–Kier alpha value is -0.930. The van der Waals surface area contributed by atoms with Gasteiger partial charge in [-0.15, -0.1) is 0 Å². The van der Waals surface area contributed by atoms with Crippen LogP contribution in [0, 0.1) is 0 Å². The fourth-order valence-corrected chi connectivity index (χ4v) is 3.49. The molecule has 0 aromatic carbocycles. The van der Waals surface area contributed by atoms with Crippen LogP contribution in [0.25, 0.3) is 0 Å². The summed E-state index contributed by atoms with van der Waals surface area (Å²) in [4.78, 5) is 11.6. The molecule has 7 N–H and O–H groups in total. The van der Waals surface area contributed by atoms with Crippen LogP contribution in [-0.2, 0) is 28.5 Å². The Morgan fingerprint density at radius 2 is 1.57 bits per heavy atom. The van der Waals surface area contributed by atoms with E-state index in [-0.39, 0.29) is 0 Å². The van der Waals surface area contributed by atoms with Crippen molar-refractivity contribution in [2.45, 2.75) is 68.2 Å². The van der Waals surface area contributed by atoms with E-state index in [0.717, 1.165) is 0 Å². The maximum atomic E-state index is 11.6. The Morgan fingerprint density at radius 1 is 1.00 bits per heavy atom. The number of carbonyl (C=O) groups is 1. The number of amides is 1. The highest BCUT2D eigenvalue weighted by molar-refractivity contribution is 5.73. The first-order valence-electron chi connectivity index (χ1n) is 8.91. The topological polar surface area (TPSA) is 182 Å². The molecule has 0 radical (unpaired) electrons. The number of nitrogens with two attached hydrogens (primary N) is 1. The Balaban J connectivity index is 2.25. The smallest absolute Gasteiger partial charge is 0.217 e. The van der Waals surface area contributed by atoms with E-state index in [9.17, 15) is 25.2 Å². The lowest BCUT2D eigenvalue weighted by Crippen LogP contribution is -2.68. The molecule has 12 nitrogen and oxygen atoms in total. The predicted molar refractivity (Wildman–Crippen MR) is 91.8 cm³/mol. The molecule has 2 aliphatic heterocycles.